The third kappa shape index (κ3) is 1.43. The fourth-order valence-electron chi connectivity index (χ4n) is 2.79. The number of rotatable bonds is 2. The topological polar surface area (TPSA) is 34.1 Å². The van der Waals surface area contributed by atoms with Crippen molar-refractivity contribution < 1.29 is 8.42 Å². The highest BCUT2D eigenvalue weighted by atomic mass is 32.2. The minimum Gasteiger partial charge on any atom is -0.232 e. The highest BCUT2D eigenvalue weighted by Gasteiger charge is 2.39. The van der Waals surface area contributed by atoms with Gasteiger partial charge in [-0.1, -0.05) is 6.42 Å². The van der Waals surface area contributed by atoms with Gasteiger partial charge in [-0.05, 0) is 37.0 Å². The Balaban J connectivity index is 1.97. The minimum absolute atomic E-state index is 0.455. The minimum atomic E-state index is -2.12. The molecule has 0 aliphatic heterocycles. The summed E-state index contributed by atoms with van der Waals surface area (Å²) in [5.41, 5.74) is 0. The van der Waals surface area contributed by atoms with Crippen molar-refractivity contribution in [2.75, 3.05) is 5.75 Å². The molecule has 2 bridgehead atoms. The van der Waals surface area contributed by atoms with E-state index < -0.39 is 10.7 Å². The van der Waals surface area contributed by atoms with Crippen LogP contribution in [0.25, 0.3) is 0 Å². The third-order valence-electron chi connectivity index (χ3n) is 3.27. The van der Waals surface area contributed by atoms with Crippen LogP contribution in [0.1, 0.15) is 25.7 Å². The van der Waals surface area contributed by atoms with Gasteiger partial charge < -0.3 is 0 Å². The van der Waals surface area contributed by atoms with E-state index >= 15 is 0 Å². The molecule has 0 heterocycles. The van der Waals surface area contributed by atoms with Gasteiger partial charge in [0.15, 0.2) is 0 Å². The van der Waals surface area contributed by atoms with Gasteiger partial charge in [0.25, 0.3) is 0 Å². The first-order chi connectivity index (χ1) is 5.25. The van der Waals surface area contributed by atoms with E-state index in [0.717, 1.165) is 11.8 Å². The van der Waals surface area contributed by atoms with Crippen LogP contribution >= 0.6 is 0 Å². The average molecular weight is 174 g/mol. The lowest BCUT2D eigenvalue weighted by Gasteiger charge is -2.18. The molecule has 2 saturated carbocycles. The highest BCUT2D eigenvalue weighted by Crippen LogP contribution is 2.48. The maximum atomic E-state index is 10.5. The second kappa shape index (κ2) is 2.77. The van der Waals surface area contributed by atoms with Crippen molar-refractivity contribution in [3.8, 4) is 0 Å². The summed E-state index contributed by atoms with van der Waals surface area (Å²) in [6, 6.07) is 0. The largest absolute Gasteiger partial charge is 0.232 e. The van der Waals surface area contributed by atoms with Crippen LogP contribution in [0, 0.1) is 17.8 Å². The van der Waals surface area contributed by atoms with Crippen LogP contribution in [0.4, 0.5) is 0 Å². The average Bonchev–Trinajstić information content (AvgIpc) is 2.45. The molecule has 3 unspecified atom stereocenters. The number of thiol groups is 1. The van der Waals surface area contributed by atoms with Crippen LogP contribution in [-0.4, -0.2) is 14.2 Å². The SMILES string of the molecule is O=[SH](=O)CC1CC2CCC1C2. The second-order valence-electron chi connectivity index (χ2n) is 3.95. The zero-order chi connectivity index (χ0) is 7.84. The monoisotopic (exact) mass is 174 g/mol. The molecule has 0 amide bonds. The van der Waals surface area contributed by atoms with Crippen molar-refractivity contribution in [3.05, 3.63) is 0 Å². The van der Waals surface area contributed by atoms with Crippen molar-refractivity contribution in [2.24, 2.45) is 17.8 Å². The maximum Gasteiger partial charge on any atom is 0.140 e. The van der Waals surface area contributed by atoms with E-state index in [1.165, 1.54) is 25.7 Å². The lowest BCUT2D eigenvalue weighted by Crippen LogP contribution is -2.15. The van der Waals surface area contributed by atoms with Crippen LogP contribution in [0.2, 0.25) is 0 Å². The summed E-state index contributed by atoms with van der Waals surface area (Å²) < 4.78 is 20.9. The van der Waals surface area contributed by atoms with Gasteiger partial charge in [0.1, 0.15) is 10.7 Å². The summed E-state index contributed by atoms with van der Waals surface area (Å²) in [4.78, 5) is 0. The molecule has 0 radical (unpaired) electrons. The second-order valence-corrected chi connectivity index (χ2v) is 4.98. The molecule has 0 spiro atoms. The van der Waals surface area contributed by atoms with Gasteiger partial charge in [-0.3, -0.25) is 0 Å². The fraction of sp³-hybridized carbons (Fsp3) is 1.00. The summed E-state index contributed by atoms with van der Waals surface area (Å²) in [5.74, 6) is 2.61. The van der Waals surface area contributed by atoms with E-state index in [0.29, 0.717) is 11.7 Å². The standard InChI is InChI=1S/C8H14O2S/c9-11(10)5-8-4-6-1-2-7(8)3-6/h6-8,11H,1-5H2. The number of fused-ring (bicyclic) bond motifs is 2. The molecular formula is C8H14O2S. The Morgan fingerprint density at radius 1 is 1.18 bits per heavy atom. The van der Waals surface area contributed by atoms with E-state index in [9.17, 15) is 8.42 Å². The molecule has 2 fully saturated rings. The van der Waals surface area contributed by atoms with Crippen molar-refractivity contribution in [3.63, 3.8) is 0 Å². The van der Waals surface area contributed by atoms with Crippen LogP contribution in [0.15, 0.2) is 0 Å². The van der Waals surface area contributed by atoms with Gasteiger partial charge in [-0.15, -0.1) is 0 Å². The highest BCUT2D eigenvalue weighted by molar-refractivity contribution is 7.72. The Kier molecular flexibility index (Phi) is 1.91. The van der Waals surface area contributed by atoms with Gasteiger partial charge in [-0.25, -0.2) is 8.42 Å². The summed E-state index contributed by atoms with van der Waals surface area (Å²) in [5, 5.41) is 0. The normalized spacial score (nSPS) is 42.1. The van der Waals surface area contributed by atoms with Crippen molar-refractivity contribution in [1.29, 1.82) is 0 Å². The van der Waals surface area contributed by atoms with Crippen LogP contribution in [0.5, 0.6) is 0 Å². The maximum absolute atomic E-state index is 10.5. The van der Waals surface area contributed by atoms with E-state index in [1.807, 2.05) is 0 Å². The Labute approximate surface area is 68.9 Å². The van der Waals surface area contributed by atoms with E-state index in [1.54, 1.807) is 0 Å². The molecule has 3 atom stereocenters. The van der Waals surface area contributed by atoms with Crippen molar-refractivity contribution in [2.45, 2.75) is 25.7 Å². The molecule has 3 heteroatoms. The van der Waals surface area contributed by atoms with Crippen LogP contribution in [0.3, 0.4) is 0 Å². The molecule has 0 aromatic heterocycles. The zero-order valence-electron chi connectivity index (χ0n) is 6.53. The Bertz CT molecular complexity index is 214. The lowest BCUT2D eigenvalue weighted by atomic mass is 9.90. The van der Waals surface area contributed by atoms with E-state index in [4.69, 9.17) is 0 Å². The third-order valence-corrected chi connectivity index (χ3v) is 4.04. The fourth-order valence-corrected chi connectivity index (χ4v) is 3.62. The predicted molar refractivity (Wildman–Crippen MR) is 44.1 cm³/mol. The van der Waals surface area contributed by atoms with Gasteiger partial charge >= 0.3 is 0 Å². The van der Waals surface area contributed by atoms with Crippen LogP contribution < -0.4 is 0 Å². The Morgan fingerprint density at radius 3 is 2.45 bits per heavy atom. The smallest absolute Gasteiger partial charge is 0.140 e. The van der Waals surface area contributed by atoms with Gasteiger partial charge in [0.2, 0.25) is 0 Å². The first kappa shape index (κ1) is 7.59. The van der Waals surface area contributed by atoms with Gasteiger partial charge in [-0.2, -0.15) is 0 Å². The number of hydrogen-bond acceptors (Lipinski definition) is 2. The molecule has 2 aliphatic rings. The number of hydrogen-bond donors (Lipinski definition) is 1. The Hall–Kier alpha value is -0.0500. The molecular weight excluding hydrogens is 160 g/mol. The summed E-state index contributed by atoms with van der Waals surface area (Å²) in [7, 11) is -2.12. The predicted octanol–water partition coefficient (Wildman–Crippen LogP) is 1.03. The summed E-state index contributed by atoms with van der Waals surface area (Å²) >= 11 is 0. The molecule has 11 heavy (non-hydrogen) atoms. The first-order valence-corrected chi connectivity index (χ1v) is 5.74. The van der Waals surface area contributed by atoms with E-state index in [-0.39, 0.29) is 0 Å². The molecule has 2 nitrogen and oxygen atoms in total. The molecule has 0 N–H and O–H groups in total. The van der Waals surface area contributed by atoms with E-state index in [2.05, 4.69) is 0 Å². The first-order valence-electron chi connectivity index (χ1n) is 4.37. The Morgan fingerprint density at radius 2 is 2.00 bits per heavy atom. The molecule has 0 aromatic carbocycles. The molecule has 64 valence electrons. The van der Waals surface area contributed by atoms with Gasteiger partial charge in [0.05, 0.1) is 5.75 Å². The molecule has 0 aromatic rings. The zero-order valence-corrected chi connectivity index (χ0v) is 7.43. The molecule has 0 saturated heterocycles. The summed E-state index contributed by atoms with van der Waals surface area (Å²) in [6.45, 7) is 0. The summed E-state index contributed by atoms with van der Waals surface area (Å²) in [6.07, 6.45) is 5.15. The van der Waals surface area contributed by atoms with Crippen LogP contribution in [-0.2, 0) is 10.7 Å². The lowest BCUT2D eigenvalue weighted by molar-refractivity contribution is 0.362. The van der Waals surface area contributed by atoms with Crippen molar-refractivity contribution >= 4 is 10.7 Å². The van der Waals surface area contributed by atoms with Gasteiger partial charge in [0, 0.05) is 0 Å². The molecule has 2 aliphatic carbocycles. The molecule has 2 rings (SSSR count). The quantitative estimate of drug-likeness (QED) is 0.634. The van der Waals surface area contributed by atoms with Crippen molar-refractivity contribution in [1.82, 2.24) is 0 Å².